The molecule has 1 nitrogen and oxygen atoms in total. The number of halogens is 12. The first-order chi connectivity index (χ1) is 9.39. The van der Waals surface area contributed by atoms with E-state index in [9.17, 15) is 51.8 Å². The normalized spacial score (nSPS) is 10.4. The third kappa shape index (κ3) is 155. The van der Waals surface area contributed by atoms with Gasteiger partial charge in [-0.25, -0.2) is 0 Å². The molecular weight excluding hydrogens is 355 g/mol. The van der Waals surface area contributed by atoms with Crippen LogP contribution in [0.15, 0.2) is 30.3 Å². The Bertz CT molecular complexity index is 325. The number of rotatable bonds is 0. The average Bonchev–Trinajstić information content (AvgIpc) is 2.09. The maximum atomic E-state index is 9.75. The Morgan fingerprint density at radius 2 is 0.739 bits per heavy atom. The fourth-order valence-electron chi connectivity index (χ4n) is 0.428. The molecule has 0 aliphatic rings. The standard InChI is InChI=1S/C6H6O.3BF4.Li.H/c7-6-4-2-1-3-5-6;3*2-1(3,4)5;;/h1-5,7H;;;;;/q;3*-1;+1;-1. The van der Waals surface area contributed by atoms with Crippen LogP contribution in [0.5, 0.6) is 5.75 Å². The summed E-state index contributed by atoms with van der Waals surface area (Å²) in [4.78, 5) is 0. The summed E-state index contributed by atoms with van der Waals surface area (Å²) >= 11 is 0. The topological polar surface area (TPSA) is 20.2 Å². The average molecular weight is 362 g/mol. The molecule has 0 spiro atoms. The Hall–Kier alpha value is -1.03. The number of aromatic hydroxyl groups is 1. The summed E-state index contributed by atoms with van der Waals surface area (Å²) in [5.74, 6) is 0.322. The summed E-state index contributed by atoms with van der Waals surface area (Å²) in [7, 11) is -18.0. The van der Waals surface area contributed by atoms with Gasteiger partial charge in [-0.3, -0.25) is 0 Å². The van der Waals surface area contributed by atoms with Crippen LogP contribution in [0.25, 0.3) is 0 Å². The summed E-state index contributed by atoms with van der Waals surface area (Å²) in [6.45, 7) is 0. The van der Waals surface area contributed by atoms with Crippen molar-refractivity contribution in [1.82, 2.24) is 0 Å². The van der Waals surface area contributed by atoms with Crippen LogP contribution in [0.4, 0.5) is 51.8 Å². The minimum Gasteiger partial charge on any atom is -1.00 e. The maximum absolute atomic E-state index is 9.75. The van der Waals surface area contributed by atoms with E-state index in [1.165, 1.54) is 0 Å². The molecular formula is C6H7B3F12LiO-3. The Morgan fingerprint density at radius 1 is 0.565 bits per heavy atom. The van der Waals surface area contributed by atoms with Crippen LogP contribution in [-0.2, 0) is 0 Å². The van der Waals surface area contributed by atoms with Crippen LogP contribution in [0.2, 0.25) is 0 Å². The third-order valence-corrected chi connectivity index (χ3v) is 0.756. The minimum absolute atomic E-state index is 0. The van der Waals surface area contributed by atoms with Gasteiger partial charge in [0.1, 0.15) is 5.75 Å². The van der Waals surface area contributed by atoms with E-state index in [1.807, 2.05) is 6.07 Å². The maximum Gasteiger partial charge on any atom is 1.00 e. The Kier molecular flexibility index (Phi) is 17.5. The molecule has 0 aliphatic carbocycles. The van der Waals surface area contributed by atoms with Crippen LogP contribution < -0.4 is 18.9 Å². The molecule has 0 bridgehead atoms. The molecule has 0 saturated carbocycles. The number of para-hydroxylation sites is 1. The first-order valence-corrected chi connectivity index (χ1v) is 4.75. The zero-order chi connectivity index (χ0) is 18.6. The molecule has 0 heterocycles. The van der Waals surface area contributed by atoms with Crippen LogP contribution >= 0.6 is 0 Å². The van der Waals surface area contributed by atoms with E-state index in [0.29, 0.717) is 5.75 Å². The van der Waals surface area contributed by atoms with E-state index >= 15 is 0 Å². The predicted molar refractivity (Wildman–Crippen MR) is 59.8 cm³/mol. The number of hydrogen-bond donors (Lipinski definition) is 1. The van der Waals surface area contributed by atoms with Crippen molar-refractivity contribution in [2.24, 2.45) is 0 Å². The summed E-state index contributed by atoms with van der Waals surface area (Å²) in [5.41, 5.74) is 0. The second-order valence-electron chi connectivity index (χ2n) is 2.82. The van der Waals surface area contributed by atoms with Crippen molar-refractivity contribution in [3.8, 4) is 5.75 Å². The number of phenols is 1. The van der Waals surface area contributed by atoms with Crippen molar-refractivity contribution in [2.75, 3.05) is 0 Å². The van der Waals surface area contributed by atoms with Crippen molar-refractivity contribution in [1.29, 1.82) is 0 Å². The molecule has 0 atom stereocenters. The molecule has 1 aromatic carbocycles. The zero-order valence-corrected chi connectivity index (χ0v) is 11.1. The molecule has 0 fully saturated rings. The summed E-state index contributed by atoms with van der Waals surface area (Å²) in [6.07, 6.45) is 0. The number of phenolic OH excluding ortho intramolecular Hbond substituents is 1. The molecule has 134 valence electrons. The van der Waals surface area contributed by atoms with E-state index < -0.39 is 21.8 Å². The van der Waals surface area contributed by atoms with Gasteiger partial charge in [-0.15, -0.1) is 0 Å². The van der Waals surface area contributed by atoms with Gasteiger partial charge >= 0.3 is 40.6 Å². The summed E-state index contributed by atoms with van der Waals surface area (Å²) < 4.78 is 117. The first-order valence-electron chi connectivity index (χ1n) is 4.75. The van der Waals surface area contributed by atoms with Crippen molar-refractivity contribution >= 4 is 21.8 Å². The van der Waals surface area contributed by atoms with Crippen molar-refractivity contribution < 1.29 is 77.2 Å². The van der Waals surface area contributed by atoms with Crippen LogP contribution in [0, 0.1) is 0 Å². The van der Waals surface area contributed by atoms with Crippen LogP contribution in [0.3, 0.4) is 0 Å². The van der Waals surface area contributed by atoms with E-state index in [1.54, 1.807) is 24.3 Å². The molecule has 0 saturated heterocycles. The monoisotopic (exact) mass is 363 g/mol. The SMILES string of the molecule is F[B-](F)(F)F.F[B-](F)(F)F.F[B-](F)(F)F.Oc1ccccc1.[H-].[Li+]. The zero-order valence-electron chi connectivity index (χ0n) is 12.1. The smallest absolute Gasteiger partial charge is 1.00 e. The molecule has 0 aromatic heterocycles. The summed E-state index contributed by atoms with van der Waals surface area (Å²) in [6, 6.07) is 8.71. The molecule has 23 heavy (non-hydrogen) atoms. The van der Waals surface area contributed by atoms with Gasteiger partial charge in [0, 0.05) is 0 Å². The van der Waals surface area contributed by atoms with Gasteiger partial charge < -0.3 is 58.3 Å². The van der Waals surface area contributed by atoms with E-state index in [0.717, 1.165) is 0 Å². The molecule has 0 radical (unpaired) electrons. The van der Waals surface area contributed by atoms with Crippen molar-refractivity contribution in [3.05, 3.63) is 30.3 Å². The Balaban J connectivity index is -0.0000000661. The van der Waals surface area contributed by atoms with Gasteiger partial charge in [0.2, 0.25) is 0 Å². The van der Waals surface area contributed by atoms with E-state index in [2.05, 4.69) is 0 Å². The molecule has 0 unspecified atom stereocenters. The first kappa shape index (κ1) is 29.9. The van der Waals surface area contributed by atoms with Crippen molar-refractivity contribution in [3.63, 3.8) is 0 Å². The predicted octanol–water partition coefficient (Wildman–Crippen LogP) is 2.41. The van der Waals surface area contributed by atoms with Crippen LogP contribution in [-0.4, -0.2) is 26.9 Å². The molecule has 0 amide bonds. The Morgan fingerprint density at radius 3 is 0.826 bits per heavy atom. The molecule has 1 aromatic rings. The fraction of sp³-hybridized carbons (Fsp3) is 0. The van der Waals surface area contributed by atoms with E-state index in [-0.39, 0.29) is 20.3 Å². The molecule has 17 heteroatoms. The van der Waals surface area contributed by atoms with Gasteiger partial charge in [-0.05, 0) is 12.1 Å². The van der Waals surface area contributed by atoms with Gasteiger partial charge in [-0.2, -0.15) is 0 Å². The second-order valence-corrected chi connectivity index (χ2v) is 2.82. The molecule has 0 aliphatic heterocycles. The summed E-state index contributed by atoms with van der Waals surface area (Å²) in [5, 5.41) is 8.63. The molecule has 1 N–H and O–H groups in total. The van der Waals surface area contributed by atoms with Gasteiger partial charge in [-0.1, -0.05) is 18.2 Å². The minimum atomic E-state index is -6.00. The van der Waals surface area contributed by atoms with Gasteiger partial charge in [0.15, 0.2) is 0 Å². The fourth-order valence-corrected chi connectivity index (χ4v) is 0.428. The quantitative estimate of drug-likeness (QED) is 0.555. The van der Waals surface area contributed by atoms with Gasteiger partial charge in [0.05, 0.1) is 0 Å². The largest absolute Gasteiger partial charge is 1.00 e. The number of hydrogen-bond acceptors (Lipinski definition) is 1. The van der Waals surface area contributed by atoms with Crippen LogP contribution in [0.1, 0.15) is 1.43 Å². The second kappa shape index (κ2) is 13.4. The third-order valence-electron chi connectivity index (χ3n) is 0.756. The Labute approximate surface area is 136 Å². The van der Waals surface area contributed by atoms with Crippen molar-refractivity contribution in [2.45, 2.75) is 0 Å². The molecule has 1 rings (SSSR count). The van der Waals surface area contributed by atoms with E-state index in [4.69, 9.17) is 5.11 Å². The van der Waals surface area contributed by atoms with Gasteiger partial charge in [0.25, 0.3) is 0 Å². The number of benzene rings is 1.